The molecular formula is C24H26N4O3. The second kappa shape index (κ2) is 8.43. The van der Waals surface area contributed by atoms with Crippen LogP contribution in [0.3, 0.4) is 0 Å². The molecule has 0 aliphatic carbocycles. The van der Waals surface area contributed by atoms with Crippen LogP contribution < -0.4 is 19.5 Å². The number of H-pyrrole nitrogens is 1. The van der Waals surface area contributed by atoms with E-state index in [1.165, 1.54) is 19.2 Å². The van der Waals surface area contributed by atoms with E-state index < -0.39 is 0 Å². The Balaban J connectivity index is 1.40. The highest BCUT2D eigenvalue weighted by Gasteiger charge is 2.16. The number of methoxy groups -OCH3 is 1. The summed E-state index contributed by atoms with van der Waals surface area (Å²) in [6.45, 7) is 3.76. The molecule has 0 radical (unpaired) electrons. The van der Waals surface area contributed by atoms with Crippen molar-refractivity contribution in [1.82, 2.24) is 20.3 Å². The summed E-state index contributed by atoms with van der Waals surface area (Å²) in [7, 11) is 1.64. The molecule has 160 valence electrons. The van der Waals surface area contributed by atoms with Crippen LogP contribution in [-0.2, 0) is 0 Å². The van der Waals surface area contributed by atoms with E-state index in [0.29, 0.717) is 30.0 Å². The Bertz CT molecular complexity index is 1210. The minimum atomic E-state index is 0.483. The zero-order chi connectivity index (χ0) is 21.2. The Morgan fingerprint density at radius 2 is 2.03 bits per heavy atom. The smallest absolute Gasteiger partial charge is 0.230 e. The van der Waals surface area contributed by atoms with Crippen molar-refractivity contribution in [3.8, 4) is 23.1 Å². The van der Waals surface area contributed by atoms with Gasteiger partial charge in [-0.3, -0.25) is 0 Å². The van der Waals surface area contributed by atoms with Gasteiger partial charge in [0.25, 0.3) is 0 Å². The van der Waals surface area contributed by atoms with E-state index in [-0.39, 0.29) is 0 Å². The van der Waals surface area contributed by atoms with Crippen molar-refractivity contribution in [3.05, 3.63) is 48.4 Å². The lowest BCUT2D eigenvalue weighted by molar-refractivity contribution is 0.276. The lowest BCUT2D eigenvalue weighted by Crippen LogP contribution is -2.23. The summed E-state index contributed by atoms with van der Waals surface area (Å²) >= 11 is 0. The van der Waals surface area contributed by atoms with E-state index in [0.717, 1.165) is 46.2 Å². The Morgan fingerprint density at radius 3 is 2.87 bits per heavy atom. The number of rotatable bonds is 7. The maximum atomic E-state index is 6.13. The highest BCUT2D eigenvalue weighted by Crippen LogP contribution is 2.36. The molecule has 1 aliphatic heterocycles. The number of nitrogens with one attached hydrogen (secondary N) is 2. The number of ether oxygens (including phenoxy) is 3. The van der Waals surface area contributed by atoms with Crippen LogP contribution in [0.1, 0.15) is 25.0 Å². The topological polar surface area (TPSA) is 81.3 Å². The highest BCUT2D eigenvalue weighted by molar-refractivity contribution is 5.87. The van der Waals surface area contributed by atoms with Gasteiger partial charge in [-0.25, -0.2) is 9.97 Å². The van der Waals surface area contributed by atoms with Crippen molar-refractivity contribution >= 4 is 21.8 Å². The van der Waals surface area contributed by atoms with Crippen molar-refractivity contribution in [2.45, 2.75) is 32.2 Å². The third kappa shape index (κ3) is 4.14. The molecule has 2 N–H and O–H groups in total. The molecule has 3 heterocycles. The molecule has 2 aromatic carbocycles. The van der Waals surface area contributed by atoms with Crippen LogP contribution in [0.2, 0.25) is 0 Å². The Morgan fingerprint density at radius 1 is 1.10 bits per heavy atom. The van der Waals surface area contributed by atoms with Crippen LogP contribution in [0.5, 0.6) is 23.1 Å². The average molecular weight is 418 g/mol. The second-order valence-corrected chi connectivity index (χ2v) is 7.93. The zero-order valence-electron chi connectivity index (χ0n) is 17.8. The third-order valence-electron chi connectivity index (χ3n) is 5.71. The van der Waals surface area contributed by atoms with Gasteiger partial charge in [0.05, 0.1) is 24.6 Å². The molecule has 7 nitrogen and oxygen atoms in total. The van der Waals surface area contributed by atoms with Crippen molar-refractivity contribution in [2.75, 3.05) is 20.3 Å². The molecule has 5 rings (SSSR count). The van der Waals surface area contributed by atoms with Gasteiger partial charge < -0.3 is 24.5 Å². The summed E-state index contributed by atoms with van der Waals surface area (Å²) in [5, 5.41) is 5.36. The number of aromatic amines is 1. The summed E-state index contributed by atoms with van der Waals surface area (Å²) in [6, 6.07) is 12.3. The Kier molecular flexibility index (Phi) is 5.34. The predicted octanol–water partition coefficient (Wildman–Crippen LogP) is 4.74. The average Bonchev–Trinajstić information content (AvgIpc) is 3.42. The molecule has 2 aromatic heterocycles. The summed E-state index contributed by atoms with van der Waals surface area (Å²) < 4.78 is 17.8. The van der Waals surface area contributed by atoms with Gasteiger partial charge in [0, 0.05) is 28.7 Å². The third-order valence-corrected chi connectivity index (χ3v) is 5.71. The fraction of sp³-hybridized carbons (Fsp3) is 0.333. The number of fused-ring (bicyclic) bond motifs is 2. The first-order valence-electron chi connectivity index (χ1n) is 10.7. The summed E-state index contributed by atoms with van der Waals surface area (Å²) in [6.07, 6.45) is 4.93. The number of aromatic nitrogens is 3. The summed E-state index contributed by atoms with van der Waals surface area (Å²) in [5.41, 5.74) is 2.94. The molecule has 0 saturated carbocycles. The maximum Gasteiger partial charge on any atom is 0.230 e. The van der Waals surface area contributed by atoms with Crippen molar-refractivity contribution < 1.29 is 14.2 Å². The molecule has 7 heteroatoms. The van der Waals surface area contributed by atoms with Gasteiger partial charge >= 0.3 is 0 Å². The SMILES string of the molecule is COc1cc2c(Oc3ccc4[nH]c(C)cc4c3)ncnc2cc1OCCC1CCCN1. The first-order chi connectivity index (χ1) is 15.2. The van der Waals surface area contributed by atoms with Gasteiger partial charge in [-0.2, -0.15) is 0 Å². The molecule has 1 unspecified atom stereocenters. The van der Waals surface area contributed by atoms with Crippen molar-refractivity contribution in [3.63, 3.8) is 0 Å². The summed E-state index contributed by atoms with van der Waals surface area (Å²) in [5.74, 6) is 2.52. The largest absolute Gasteiger partial charge is 0.493 e. The van der Waals surface area contributed by atoms with E-state index in [1.807, 2.05) is 37.3 Å². The fourth-order valence-electron chi connectivity index (χ4n) is 4.14. The first kappa shape index (κ1) is 19.6. The maximum absolute atomic E-state index is 6.13. The van der Waals surface area contributed by atoms with E-state index in [9.17, 15) is 0 Å². The first-order valence-corrected chi connectivity index (χ1v) is 10.7. The van der Waals surface area contributed by atoms with Crippen LogP contribution in [0.4, 0.5) is 0 Å². The lowest BCUT2D eigenvalue weighted by atomic mass is 10.2. The van der Waals surface area contributed by atoms with Crippen LogP contribution >= 0.6 is 0 Å². The molecule has 0 bridgehead atoms. The number of hydrogen-bond acceptors (Lipinski definition) is 6. The van der Waals surface area contributed by atoms with Gasteiger partial charge in [0.2, 0.25) is 5.88 Å². The van der Waals surface area contributed by atoms with Crippen LogP contribution in [-0.4, -0.2) is 41.3 Å². The number of hydrogen-bond donors (Lipinski definition) is 2. The van der Waals surface area contributed by atoms with E-state index >= 15 is 0 Å². The summed E-state index contributed by atoms with van der Waals surface area (Å²) in [4.78, 5) is 12.1. The van der Waals surface area contributed by atoms with Crippen LogP contribution in [0.15, 0.2) is 42.7 Å². The lowest BCUT2D eigenvalue weighted by Gasteiger charge is -2.15. The molecule has 4 aromatic rings. The highest BCUT2D eigenvalue weighted by atomic mass is 16.5. The normalized spacial score (nSPS) is 16.1. The van der Waals surface area contributed by atoms with Crippen molar-refractivity contribution in [1.29, 1.82) is 0 Å². The van der Waals surface area contributed by atoms with Gasteiger partial charge in [-0.15, -0.1) is 0 Å². The van der Waals surface area contributed by atoms with Gasteiger partial charge in [-0.1, -0.05) is 0 Å². The minimum absolute atomic E-state index is 0.483. The number of nitrogens with zero attached hydrogens (tertiary/aromatic N) is 2. The molecule has 1 atom stereocenters. The molecule has 1 fully saturated rings. The predicted molar refractivity (Wildman–Crippen MR) is 120 cm³/mol. The minimum Gasteiger partial charge on any atom is -0.493 e. The molecule has 31 heavy (non-hydrogen) atoms. The van der Waals surface area contributed by atoms with Gasteiger partial charge in [0.1, 0.15) is 12.1 Å². The molecule has 1 aliphatic rings. The fourth-order valence-corrected chi connectivity index (χ4v) is 4.14. The molecule has 0 amide bonds. The molecule has 0 spiro atoms. The Hall–Kier alpha value is -3.32. The van der Waals surface area contributed by atoms with Gasteiger partial charge in [-0.05, 0) is 63.1 Å². The second-order valence-electron chi connectivity index (χ2n) is 7.93. The van der Waals surface area contributed by atoms with Crippen LogP contribution in [0, 0.1) is 6.92 Å². The van der Waals surface area contributed by atoms with Gasteiger partial charge in [0.15, 0.2) is 11.5 Å². The van der Waals surface area contributed by atoms with E-state index in [1.54, 1.807) is 7.11 Å². The molecular weight excluding hydrogens is 392 g/mol. The van der Waals surface area contributed by atoms with Crippen LogP contribution in [0.25, 0.3) is 21.8 Å². The molecule has 1 saturated heterocycles. The van der Waals surface area contributed by atoms with E-state index in [4.69, 9.17) is 14.2 Å². The zero-order valence-corrected chi connectivity index (χ0v) is 17.8. The quantitative estimate of drug-likeness (QED) is 0.451. The Labute approximate surface area is 180 Å². The van der Waals surface area contributed by atoms with Crippen molar-refractivity contribution in [2.24, 2.45) is 0 Å². The number of aryl methyl sites for hydroxylation is 1. The number of benzene rings is 2. The monoisotopic (exact) mass is 418 g/mol. The van der Waals surface area contributed by atoms with E-state index in [2.05, 4.69) is 26.3 Å². The standard InChI is InChI=1S/C24H26N4O3/c1-15-10-16-11-18(5-6-20(16)28-15)31-24-19-12-22(29-2)23(13-21(19)26-14-27-24)30-9-7-17-4-3-8-25-17/h5-6,10-14,17,25,28H,3-4,7-9H2,1-2H3.